The Balaban J connectivity index is 1.81. The molecule has 0 bridgehead atoms. The molecule has 24 heavy (non-hydrogen) atoms. The van der Waals surface area contributed by atoms with E-state index in [-0.39, 0.29) is 6.04 Å². The van der Waals surface area contributed by atoms with Crippen LogP contribution < -0.4 is 5.32 Å². The Morgan fingerprint density at radius 2 is 1.67 bits per heavy atom. The predicted octanol–water partition coefficient (Wildman–Crippen LogP) is 6.13. The Morgan fingerprint density at radius 1 is 0.875 bits per heavy atom. The van der Waals surface area contributed by atoms with Gasteiger partial charge in [0.15, 0.2) is 0 Å². The van der Waals surface area contributed by atoms with Crippen molar-refractivity contribution in [1.82, 2.24) is 0 Å². The lowest BCUT2D eigenvalue weighted by atomic mass is 9.97. The molecule has 0 radical (unpaired) electrons. The summed E-state index contributed by atoms with van der Waals surface area (Å²) < 4.78 is 1.09. The lowest BCUT2D eigenvalue weighted by Gasteiger charge is -2.19. The number of hydrogen-bond acceptors (Lipinski definition) is 2. The summed E-state index contributed by atoms with van der Waals surface area (Å²) in [5.41, 5.74) is 5.61. The number of benzene rings is 3. The quantitative estimate of drug-likeness (QED) is 0.571. The van der Waals surface area contributed by atoms with Gasteiger partial charge in [0.05, 0.1) is 23.1 Å². The molecule has 3 aromatic rings. The summed E-state index contributed by atoms with van der Waals surface area (Å²) >= 11 is 3.58. The van der Waals surface area contributed by atoms with Gasteiger partial charge in [-0.3, -0.25) is 4.99 Å². The van der Waals surface area contributed by atoms with Crippen molar-refractivity contribution in [1.29, 1.82) is 0 Å². The fourth-order valence-electron chi connectivity index (χ4n) is 3.05. The Bertz CT molecular complexity index is 887. The molecule has 118 valence electrons. The van der Waals surface area contributed by atoms with Gasteiger partial charge in [0.2, 0.25) is 0 Å². The van der Waals surface area contributed by atoms with Gasteiger partial charge < -0.3 is 5.32 Å². The van der Waals surface area contributed by atoms with Crippen LogP contribution in [0.2, 0.25) is 0 Å². The molecular formula is C21H17BrN2. The second kappa shape index (κ2) is 6.62. The van der Waals surface area contributed by atoms with Crippen LogP contribution in [0.5, 0.6) is 0 Å². The molecule has 2 nitrogen and oxygen atoms in total. The van der Waals surface area contributed by atoms with Gasteiger partial charge in [-0.15, -0.1) is 0 Å². The van der Waals surface area contributed by atoms with Crippen LogP contribution in [0.4, 0.5) is 11.4 Å². The summed E-state index contributed by atoms with van der Waals surface area (Å²) in [5, 5.41) is 3.67. The van der Waals surface area contributed by atoms with E-state index in [9.17, 15) is 0 Å². The summed E-state index contributed by atoms with van der Waals surface area (Å²) in [7, 11) is 0. The second-order valence-electron chi connectivity index (χ2n) is 5.90. The smallest absolute Gasteiger partial charge is 0.0864 e. The molecule has 0 amide bonds. The molecule has 3 heteroatoms. The molecule has 1 aliphatic heterocycles. The predicted molar refractivity (Wildman–Crippen MR) is 104 cm³/mol. The molecule has 0 fully saturated rings. The maximum absolute atomic E-state index is 4.95. The number of anilines is 1. The zero-order valence-electron chi connectivity index (χ0n) is 13.1. The zero-order valence-corrected chi connectivity index (χ0v) is 14.7. The van der Waals surface area contributed by atoms with E-state index in [0.717, 1.165) is 28.0 Å². The van der Waals surface area contributed by atoms with Crippen molar-refractivity contribution >= 4 is 33.0 Å². The van der Waals surface area contributed by atoms with Gasteiger partial charge in [-0.05, 0) is 35.4 Å². The van der Waals surface area contributed by atoms with Gasteiger partial charge in [0.25, 0.3) is 0 Å². The van der Waals surface area contributed by atoms with E-state index in [4.69, 9.17) is 4.99 Å². The Labute approximate surface area is 150 Å². The van der Waals surface area contributed by atoms with Crippen LogP contribution in [-0.4, -0.2) is 5.71 Å². The Morgan fingerprint density at radius 3 is 2.50 bits per heavy atom. The molecule has 0 aliphatic carbocycles. The lowest BCUT2D eigenvalue weighted by molar-refractivity contribution is 0.828. The SMILES string of the molecule is Brc1cccc([C@H]2CC(c3ccccc3)=Nc3ccccc3N2)c1. The third-order valence-corrected chi connectivity index (χ3v) is 4.74. The third kappa shape index (κ3) is 3.13. The van der Waals surface area contributed by atoms with Crippen molar-refractivity contribution in [2.75, 3.05) is 5.32 Å². The third-order valence-electron chi connectivity index (χ3n) is 4.24. The van der Waals surface area contributed by atoms with Crippen molar-refractivity contribution < 1.29 is 0 Å². The number of hydrogen-bond donors (Lipinski definition) is 1. The maximum Gasteiger partial charge on any atom is 0.0864 e. The van der Waals surface area contributed by atoms with Crippen molar-refractivity contribution in [3.05, 3.63) is 94.5 Å². The minimum atomic E-state index is 0.185. The molecule has 0 aromatic heterocycles. The monoisotopic (exact) mass is 376 g/mol. The number of rotatable bonds is 2. The molecule has 0 unspecified atom stereocenters. The highest BCUT2D eigenvalue weighted by Gasteiger charge is 2.20. The van der Waals surface area contributed by atoms with Crippen LogP contribution in [0.3, 0.4) is 0 Å². The fourth-order valence-corrected chi connectivity index (χ4v) is 3.47. The van der Waals surface area contributed by atoms with Crippen molar-refractivity contribution in [2.45, 2.75) is 12.5 Å². The first-order valence-electron chi connectivity index (χ1n) is 8.03. The molecule has 1 heterocycles. The summed E-state index contributed by atoms with van der Waals surface area (Å²) in [5.74, 6) is 0. The van der Waals surface area contributed by atoms with Crippen LogP contribution in [0, 0.1) is 0 Å². The van der Waals surface area contributed by atoms with Crippen molar-refractivity contribution in [3.63, 3.8) is 0 Å². The molecule has 1 aliphatic rings. The molecule has 0 spiro atoms. The van der Waals surface area contributed by atoms with Crippen molar-refractivity contribution in [2.24, 2.45) is 4.99 Å². The summed E-state index contributed by atoms with van der Waals surface area (Å²) in [6.45, 7) is 0. The first-order valence-corrected chi connectivity index (χ1v) is 8.83. The first kappa shape index (κ1) is 15.2. The molecule has 0 saturated carbocycles. The van der Waals surface area contributed by atoms with E-state index in [1.807, 2.05) is 18.2 Å². The van der Waals surface area contributed by atoms with Gasteiger partial charge in [-0.2, -0.15) is 0 Å². The van der Waals surface area contributed by atoms with Crippen LogP contribution in [-0.2, 0) is 0 Å². The van der Waals surface area contributed by atoms with E-state index in [0.29, 0.717) is 0 Å². The summed E-state index contributed by atoms with van der Waals surface area (Å²) in [6.07, 6.45) is 0.842. The van der Waals surface area contributed by atoms with Crippen LogP contribution in [0.25, 0.3) is 0 Å². The average Bonchev–Trinajstić information content (AvgIpc) is 2.82. The highest BCUT2D eigenvalue weighted by Crippen LogP contribution is 2.35. The zero-order chi connectivity index (χ0) is 16.4. The normalized spacial score (nSPS) is 16.5. The standard InChI is InChI=1S/C21H17BrN2/c22-17-10-6-9-16(13-17)21-14-20(15-7-2-1-3-8-15)23-18-11-4-5-12-19(18)24-21/h1-13,21,24H,14H2/t21-/m1/s1. The second-order valence-corrected chi connectivity index (χ2v) is 6.81. The van der Waals surface area contributed by atoms with Crippen LogP contribution in [0.1, 0.15) is 23.6 Å². The molecule has 1 N–H and O–H groups in total. The highest BCUT2D eigenvalue weighted by atomic mass is 79.9. The average molecular weight is 377 g/mol. The highest BCUT2D eigenvalue weighted by molar-refractivity contribution is 9.10. The van der Waals surface area contributed by atoms with E-state index >= 15 is 0 Å². The fraction of sp³-hybridized carbons (Fsp3) is 0.0952. The number of aliphatic imine (C=N–C) groups is 1. The molecule has 4 rings (SSSR count). The molecule has 0 saturated heterocycles. The number of halogens is 1. The maximum atomic E-state index is 4.95. The van der Waals surface area contributed by atoms with Gasteiger partial charge in [0, 0.05) is 10.9 Å². The van der Waals surface area contributed by atoms with E-state index in [1.165, 1.54) is 11.1 Å². The Hall–Kier alpha value is -2.39. The van der Waals surface area contributed by atoms with E-state index in [1.54, 1.807) is 0 Å². The van der Waals surface area contributed by atoms with E-state index in [2.05, 4.69) is 81.9 Å². The number of nitrogens with zero attached hydrogens (tertiary/aromatic N) is 1. The van der Waals surface area contributed by atoms with Crippen LogP contribution >= 0.6 is 15.9 Å². The Kier molecular flexibility index (Phi) is 4.18. The topological polar surface area (TPSA) is 24.4 Å². The van der Waals surface area contributed by atoms with Gasteiger partial charge in [0.1, 0.15) is 0 Å². The van der Waals surface area contributed by atoms with E-state index < -0.39 is 0 Å². The summed E-state index contributed by atoms with van der Waals surface area (Å²) in [4.78, 5) is 4.95. The molecular weight excluding hydrogens is 360 g/mol. The summed E-state index contributed by atoms with van der Waals surface area (Å²) in [6, 6.07) is 27.3. The first-order chi connectivity index (χ1) is 11.8. The number of para-hydroxylation sites is 2. The minimum absolute atomic E-state index is 0.185. The van der Waals surface area contributed by atoms with Crippen molar-refractivity contribution in [3.8, 4) is 0 Å². The van der Waals surface area contributed by atoms with Gasteiger partial charge in [-0.1, -0.05) is 70.5 Å². The molecule has 3 aromatic carbocycles. The van der Waals surface area contributed by atoms with Gasteiger partial charge in [-0.25, -0.2) is 0 Å². The molecule has 1 atom stereocenters. The lowest BCUT2D eigenvalue weighted by Crippen LogP contribution is -2.14. The minimum Gasteiger partial charge on any atom is -0.376 e. The van der Waals surface area contributed by atoms with Gasteiger partial charge >= 0.3 is 0 Å². The van der Waals surface area contributed by atoms with Crippen LogP contribution in [0.15, 0.2) is 88.3 Å². The number of nitrogens with one attached hydrogen (secondary N) is 1. The largest absolute Gasteiger partial charge is 0.376 e. The number of fused-ring (bicyclic) bond motifs is 1.